The summed E-state index contributed by atoms with van der Waals surface area (Å²) in [5.74, 6) is 0.0229. The molecule has 6 heteroatoms. The number of nitrogens with zero attached hydrogens (tertiary/aromatic N) is 1. The van der Waals surface area contributed by atoms with Crippen LogP contribution in [0.2, 0.25) is 0 Å². The number of hydrogen-bond donors (Lipinski definition) is 1. The Balaban J connectivity index is 2.17. The molecule has 1 amide bonds. The van der Waals surface area contributed by atoms with Crippen LogP contribution in [-0.2, 0) is 0 Å². The average molecular weight is 411 g/mol. The van der Waals surface area contributed by atoms with Gasteiger partial charge in [0.05, 0.1) is 19.7 Å². The van der Waals surface area contributed by atoms with Crippen LogP contribution in [0.5, 0.6) is 0 Å². The van der Waals surface area contributed by atoms with E-state index in [-0.39, 0.29) is 18.6 Å². The maximum absolute atomic E-state index is 12.6. The number of aliphatic hydroxyl groups excluding tert-OH is 1. The highest BCUT2D eigenvalue weighted by Gasteiger charge is 2.27. The standard InChI is InChI=1S/C13H17Br2NO2S/c14-11-8-10(12(15)19-11)13(18)16(6-7-17)9-4-2-1-3-5-9/h8-9,17H,1-7H2. The van der Waals surface area contributed by atoms with Crippen LogP contribution in [0, 0.1) is 0 Å². The molecule has 0 unspecified atom stereocenters. The summed E-state index contributed by atoms with van der Waals surface area (Å²) in [6.07, 6.45) is 5.71. The average Bonchev–Trinajstić information content (AvgIpc) is 2.75. The molecule has 0 atom stereocenters. The van der Waals surface area contributed by atoms with Gasteiger partial charge in [-0.2, -0.15) is 0 Å². The van der Waals surface area contributed by atoms with Crippen molar-refractivity contribution >= 4 is 49.1 Å². The lowest BCUT2D eigenvalue weighted by Gasteiger charge is -2.34. The predicted octanol–water partition coefficient (Wildman–Crippen LogP) is 4.04. The summed E-state index contributed by atoms with van der Waals surface area (Å²) < 4.78 is 1.79. The van der Waals surface area contributed by atoms with Crippen molar-refractivity contribution in [2.45, 2.75) is 38.1 Å². The molecule has 0 bridgehead atoms. The van der Waals surface area contributed by atoms with Crippen molar-refractivity contribution in [1.82, 2.24) is 4.90 Å². The molecule has 0 radical (unpaired) electrons. The summed E-state index contributed by atoms with van der Waals surface area (Å²) in [6.45, 7) is 0.439. The molecule has 1 aliphatic carbocycles. The fraction of sp³-hybridized carbons (Fsp3) is 0.615. The summed E-state index contributed by atoms with van der Waals surface area (Å²) in [6, 6.07) is 2.13. The molecule has 0 spiro atoms. The van der Waals surface area contributed by atoms with E-state index < -0.39 is 0 Å². The molecule has 1 aromatic heterocycles. The molecule has 1 saturated carbocycles. The quantitative estimate of drug-likeness (QED) is 0.813. The van der Waals surface area contributed by atoms with Crippen molar-refractivity contribution in [3.05, 3.63) is 19.2 Å². The molecule has 1 N–H and O–H groups in total. The van der Waals surface area contributed by atoms with Gasteiger partial charge >= 0.3 is 0 Å². The minimum Gasteiger partial charge on any atom is -0.395 e. The molecule has 2 rings (SSSR count). The lowest BCUT2D eigenvalue weighted by molar-refractivity contribution is 0.0585. The molecule has 19 heavy (non-hydrogen) atoms. The highest BCUT2D eigenvalue weighted by molar-refractivity contribution is 9.12. The first-order valence-corrected chi connectivity index (χ1v) is 8.90. The van der Waals surface area contributed by atoms with E-state index in [1.807, 2.05) is 11.0 Å². The molecular weight excluding hydrogens is 394 g/mol. The summed E-state index contributed by atoms with van der Waals surface area (Å²) in [5, 5.41) is 9.23. The van der Waals surface area contributed by atoms with Gasteiger partial charge in [-0.15, -0.1) is 11.3 Å². The van der Waals surface area contributed by atoms with Gasteiger partial charge in [0, 0.05) is 12.6 Å². The van der Waals surface area contributed by atoms with Crippen LogP contribution in [0.25, 0.3) is 0 Å². The molecule has 1 aromatic rings. The minimum absolute atomic E-state index is 0.0190. The zero-order chi connectivity index (χ0) is 13.8. The van der Waals surface area contributed by atoms with Gasteiger partial charge in [0.15, 0.2) is 0 Å². The number of amides is 1. The second-order valence-corrected chi connectivity index (χ2v) is 8.50. The molecule has 1 heterocycles. The minimum atomic E-state index is 0.0190. The number of carbonyl (C=O) groups is 1. The van der Waals surface area contributed by atoms with Crippen LogP contribution in [0.1, 0.15) is 42.5 Å². The first kappa shape index (κ1) is 15.5. The summed E-state index contributed by atoms with van der Waals surface area (Å²) in [7, 11) is 0. The monoisotopic (exact) mass is 409 g/mol. The van der Waals surface area contributed by atoms with Crippen LogP contribution in [-0.4, -0.2) is 35.1 Å². The predicted molar refractivity (Wildman–Crippen MR) is 84.7 cm³/mol. The largest absolute Gasteiger partial charge is 0.395 e. The maximum atomic E-state index is 12.6. The Hall–Kier alpha value is 0.0900. The lowest BCUT2D eigenvalue weighted by Crippen LogP contribution is -2.43. The Morgan fingerprint density at radius 2 is 2.05 bits per heavy atom. The number of halogens is 2. The van der Waals surface area contributed by atoms with Crippen molar-refractivity contribution in [2.75, 3.05) is 13.2 Å². The van der Waals surface area contributed by atoms with E-state index in [0.29, 0.717) is 12.1 Å². The lowest BCUT2D eigenvalue weighted by atomic mass is 9.94. The molecule has 1 aliphatic rings. The van der Waals surface area contributed by atoms with Gasteiger partial charge in [0.1, 0.15) is 0 Å². The normalized spacial score (nSPS) is 16.6. The highest BCUT2D eigenvalue weighted by Crippen LogP contribution is 2.34. The van der Waals surface area contributed by atoms with Gasteiger partial charge in [-0.3, -0.25) is 4.79 Å². The fourth-order valence-corrected chi connectivity index (χ4v) is 5.37. The number of carbonyl (C=O) groups excluding carboxylic acids is 1. The van der Waals surface area contributed by atoms with Crippen molar-refractivity contribution in [2.24, 2.45) is 0 Å². The third kappa shape index (κ3) is 3.80. The Morgan fingerprint density at radius 3 is 2.58 bits per heavy atom. The molecular formula is C13H17Br2NO2S. The van der Waals surface area contributed by atoms with Gasteiger partial charge in [0.2, 0.25) is 0 Å². The second-order valence-electron chi connectivity index (χ2n) is 4.75. The first-order valence-electron chi connectivity index (χ1n) is 6.50. The van der Waals surface area contributed by atoms with Gasteiger partial charge in [-0.25, -0.2) is 0 Å². The molecule has 0 aromatic carbocycles. The van der Waals surface area contributed by atoms with E-state index >= 15 is 0 Å². The van der Waals surface area contributed by atoms with E-state index in [1.54, 1.807) is 0 Å². The van der Waals surface area contributed by atoms with Crippen LogP contribution in [0.3, 0.4) is 0 Å². The zero-order valence-corrected chi connectivity index (χ0v) is 14.6. The number of aliphatic hydroxyl groups is 1. The molecule has 0 saturated heterocycles. The Labute approximate surface area is 134 Å². The number of rotatable bonds is 4. The molecule has 0 aliphatic heterocycles. The van der Waals surface area contributed by atoms with Crippen LogP contribution < -0.4 is 0 Å². The van der Waals surface area contributed by atoms with E-state index in [4.69, 9.17) is 0 Å². The van der Waals surface area contributed by atoms with Gasteiger partial charge in [-0.1, -0.05) is 19.3 Å². The summed E-state index contributed by atoms with van der Waals surface area (Å²) >= 11 is 8.35. The van der Waals surface area contributed by atoms with E-state index in [2.05, 4.69) is 31.9 Å². The van der Waals surface area contributed by atoms with Crippen LogP contribution in [0.4, 0.5) is 0 Å². The smallest absolute Gasteiger partial charge is 0.256 e. The fourth-order valence-electron chi connectivity index (χ4n) is 2.59. The molecule has 106 valence electrons. The van der Waals surface area contributed by atoms with E-state index in [9.17, 15) is 9.90 Å². The van der Waals surface area contributed by atoms with Crippen LogP contribution in [0.15, 0.2) is 13.6 Å². The van der Waals surface area contributed by atoms with E-state index in [1.165, 1.54) is 30.6 Å². The van der Waals surface area contributed by atoms with Crippen LogP contribution >= 0.6 is 43.2 Å². The number of hydrogen-bond acceptors (Lipinski definition) is 3. The van der Waals surface area contributed by atoms with Crippen molar-refractivity contribution < 1.29 is 9.90 Å². The van der Waals surface area contributed by atoms with E-state index in [0.717, 1.165) is 20.4 Å². The van der Waals surface area contributed by atoms with Gasteiger partial charge < -0.3 is 10.0 Å². The topological polar surface area (TPSA) is 40.5 Å². The zero-order valence-electron chi connectivity index (χ0n) is 10.6. The van der Waals surface area contributed by atoms with Gasteiger partial charge in [-0.05, 0) is 50.8 Å². The summed E-state index contributed by atoms with van der Waals surface area (Å²) in [4.78, 5) is 14.5. The van der Waals surface area contributed by atoms with Gasteiger partial charge in [0.25, 0.3) is 5.91 Å². The van der Waals surface area contributed by atoms with Crippen molar-refractivity contribution in [1.29, 1.82) is 0 Å². The first-order chi connectivity index (χ1) is 9.13. The Kier molecular flexibility index (Phi) is 5.87. The maximum Gasteiger partial charge on any atom is 0.256 e. The number of thiophene rings is 1. The SMILES string of the molecule is O=C(c1cc(Br)sc1Br)N(CCO)C1CCCCC1. The Bertz CT molecular complexity index is 444. The van der Waals surface area contributed by atoms with Crippen molar-refractivity contribution in [3.8, 4) is 0 Å². The molecule has 1 fully saturated rings. The third-order valence-corrected chi connectivity index (χ3v) is 5.84. The second kappa shape index (κ2) is 7.20. The highest BCUT2D eigenvalue weighted by atomic mass is 79.9. The molecule has 3 nitrogen and oxygen atoms in total. The summed E-state index contributed by atoms with van der Waals surface area (Å²) in [5.41, 5.74) is 0.691. The van der Waals surface area contributed by atoms with Crippen molar-refractivity contribution in [3.63, 3.8) is 0 Å². The Morgan fingerprint density at radius 1 is 1.37 bits per heavy atom. The third-order valence-electron chi connectivity index (χ3n) is 3.50.